The maximum absolute atomic E-state index is 14.0. The smallest absolute Gasteiger partial charge is 0.340 e. The van der Waals surface area contributed by atoms with Gasteiger partial charge in [-0.15, -0.1) is 0 Å². The number of aryl methyl sites for hydroxylation is 2. The summed E-state index contributed by atoms with van der Waals surface area (Å²) in [5, 5.41) is 3.08. The summed E-state index contributed by atoms with van der Waals surface area (Å²) in [4.78, 5) is 24.1. The summed E-state index contributed by atoms with van der Waals surface area (Å²) in [6.45, 7) is 3.55. The Labute approximate surface area is 147 Å². The van der Waals surface area contributed by atoms with Crippen molar-refractivity contribution >= 4 is 28.5 Å². The van der Waals surface area contributed by atoms with Crippen molar-refractivity contribution in [3.63, 3.8) is 0 Å². The van der Waals surface area contributed by atoms with Gasteiger partial charge in [-0.2, -0.15) is 0 Å². The molecule has 1 aromatic heterocycles. The molecule has 0 spiro atoms. The summed E-state index contributed by atoms with van der Waals surface area (Å²) in [7, 11) is 1.07. The van der Waals surface area contributed by atoms with E-state index in [1.54, 1.807) is 6.92 Å². The van der Waals surface area contributed by atoms with Crippen molar-refractivity contribution in [2.45, 2.75) is 13.8 Å². The molecule has 134 valence electrons. The molecule has 0 saturated carbocycles. The first-order valence-corrected chi connectivity index (χ1v) is 7.71. The van der Waals surface area contributed by atoms with E-state index in [4.69, 9.17) is 4.42 Å². The Morgan fingerprint density at radius 3 is 2.50 bits per heavy atom. The summed E-state index contributed by atoms with van der Waals surface area (Å²) < 4.78 is 37.8. The van der Waals surface area contributed by atoms with Crippen LogP contribution in [-0.4, -0.2) is 19.0 Å². The SMILES string of the molecule is COC(=O)c1cc(NC(=O)c2oc3c(C)cccc3c2C)c(F)cc1F. The number of carbonyl (C=O) groups is 2. The van der Waals surface area contributed by atoms with Gasteiger partial charge in [0, 0.05) is 17.0 Å². The molecule has 0 aliphatic heterocycles. The van der Waals surface area contributed by atoms with Crippen LogP contribution in [0.2, 0.25) is 0 Å². The van der Waals surface area contributed by atoms with Crippen LogP contribution >= 0.6 is 0 Å². The number of amides is 1. The molecule has 0 radical (unpaired) electrons. The van der Waals surface area contributed by atoms with Crippen LogP contribution in [0.5, 0.6) is 0 Å². The number of rotatable bonds is 3. The van der Waals surface area contributed by atoms with E-state index in [2.05, 4.69) is 10.1 Å². The number of hydrogen-bond donors (Lipinski definition) is 1. The molecular weight excluding hydrogens is 344 g/mol. The minimum Gasteiger partial charge on any atom is -0.465 e. The molecule has 5 nitrogen and oxygen atoms in total. The van der Waals surface area contributed by atoms with Crippen molar-refractivity contribution in [1.82, 2.24) is 0 Å². The Bertz CT molecular complexity index is 1040. The third-order valence-electron chi connectivity index (χ3n) is 4.08. The number of esters is 1. The maximum Gasteiger partial charge on any atom is 0.340 e. The highest BCUT2D eigenvalue weighted by atomic mass is 19.1. The molecule has 0 saturated heterocycles. The minimum atomic E-state index is -1.08. The lowest BCUT2D eigenvalue weighted by Gasteiger charge is -2.08. The highest BCUT2D eigenvalue weighted by Gasteiger charge is 2.22. The fourth-order valence-corrected chi connectivity index (χ4v) is 2.69. The van der Waals surface area contributed by atoms with E-state index in [-0.39, 0.29) is 11.4 Å². The maximum atomic E-state index is 14.0. The topological polar surface area (TPSA) is 68.5 Å². The molecule has 0 aliphatic rings. The number of benzene rings is 2. The fourth-order valence-electron chi connectivity index (χ4n) is 2.69. The Morgan fingerprint density at radius 1 is 1.12 bits per heavy atom. The normalized spacial score (nSPS) is 10.8. The molecule has 0 aliphatic carbocycles. The van der Waals surface area contributed by atoms with E-state index in [1.165, 1.54) is 0 Å². The number of fused-ring (bicyclic) bond motifs is 1. The second-order valence-corrected chi connectivity index (χ2v) is 5.77. The van der Waals surface area contributed by atoms with Gasteiger partial charge in [0.05, 0.1) is 18.4 Å². The van der Waals surface area contributed by atoms with Gasteiger partial charge in [0.15, 0.2) is 5.76 Å². The van der Waals surface area contributed by atoms with Crippen molar-refractivity contribution in [1.29, 1.82) is 0 Å². The summed E-state index contributed by atoms with van der Waals surface area (Å²) >= 11 is 0. The largest absolute Gasteiger partial charge is 0.465 e. The van der Waals surface area contributed by atoms with Crippen molar-refractivity contribution in [3.05, 3.63) is 64.4 Å². The van der Waals surface area contributed by atoms with Crippen LogP contribution in [0, 0.1) is 25.5 Å². The lowest BCUT2D eigenvalue weighted by Crippen LogP contribution is -2.15. The highest BCUT2D eigenvalue weighted by molar-refractivity contribution is 6.07. The van der Waals surface area contributed by atoms with E-state index >= 15 is 0 Å². The summed E-state index contributed by atoms with van der Waals surface area (Å²) in [6.07, 6.45) is 0. The lowest BCUT2D eigenvalue weighted by molar-refractivity contribution is 0.0595. The molecule has 2 aromatic carbocycles. The third kappa shape index (κ3) is 2.92. The molecule has 1 heterocycles. The number of methoxy groups -OCH3 is 1. The van der Waals surface area contributed by atoms with E-state index in [0.717, 1.165) is 24.1 Å². The number of furan rings is 1. The van der Waals surface area contributed by atoms with Crippen molar-refractivity contribution in [2.24, 2.45) is 0 Å². The zero-order valence-electron chi connectivity index (χ0n) is 14.3. The number of hydrogen-bond acceptors (Lipinski definition) is 4. The number of anilines is 1. The first-order valence-electron chi connectivity index (χ1n) is 7.71. The Morgan fingerprint density at radius 2 is 1.85 bits per heavy atom. The van der Waals surface area contributed by atoms with Crippen LogP contribution in [0.1, 0.15) is 32.0 Å². The molecule has 0 unspecified atom stereocenters. The molecular formula is C19H15F2NO4. The van der Waals surface area contributed by atoms with Gasteiger partial charge >= 0.3 is 5.97 Å². The van der Waals surface area contributed by atoms with Crippen molar-refractivity contribution in [2.75, 3.05) is 12.4 Å². The quantitative estimate of drug-likeness (QED) is 0.705. The molecule has 26 heavy (non-hydrogen) atoms. The Kier molecular flexibility index (Phi) is 4.46. The van der Waals surface area contributed by atoms with Gasteiger partial charge in [-0.25, -0.2) is 13.6 Å². The van der Waals surface area contributed by atoms with Crippen LogP contribution in [0.25, 0.3) is 11.0 Å². The number of ether oxygens (including phenoxy) is 1. The first kappa shape index (κ1) is 17.6. The fraction of sp³-hybridized carbons (Fsp3) is 0.158. The molecule has 1 N–H and O–H groups in total. The van der Waals surface area contributed by atoms with E-state index in [1.807, 2.05) is 25.1 Å². The standard InChI is InChI=1S/C19H15F2NO4/c1-9-5-4-6-11-10(2)17(26-16(9)11)18(23)22-15-7-12(19(24)25-3)13(20)8-14(15)21/h4-8H,1-3H3,(H,22,23). The van der Waals surface area contributed by atoms with Gasteiger partial charge in [0.2, 0.25) is 0 Å². The number of carbonyl (C=O) groups excluding carboxylic acids is 2. The number of para-hydroxylation sites is 1. The number of nitrogens with one attached hydrogen (secondary N) is 1. The second kappa shape index (κ2) is 6.59. The molecule has 3 rings (SSSR count). The van der Waals surface area contributed by atoms with Gasteiger partial charge in [0.1, 0.15) is 17.2 Å². The zero-order valence-corrected chi connectivity index (χ0v) is 14.3. The van der Waals surface area contributed by atoms with Gasteiger partial charge in [-0.3, -0.25) is 4.79 Å². The van der Waals surface area contributed by atoms with Crippen LogP contribution < -0.4 is 5.32 Å². The number of halogens is 2. The van der Waals surface area contributed by atoms with Gasteiger partial charge < -0.3 is 14.5 Å². The molecule has 7 heteroatoms. The minimum absolute atomic E-state index is 0.0117. The predicted octanol–water partition coefficient (Wildman–Crippen LogP) is 4.37. The van der Waals surface area contributed by atoms with Crippen molar-refractivity contribution < 1.29 is 27.5 Å². The Balaban J connectivity index is 2.00. The Hall–Kier alpha value is -3.22. The molecule has 1 amide bonds. The van der Waals surface area contributed by atoms with E-state index in [9.17, 15) is 18.4 Å². The first-order chi connectivity index (χ1) is 12.3. The van der Waals surface area contributed by atoms with Gasteiger partial charge in [-0.1, -0.05) is 18.2 Å². The van der Waals surface area contributed by atoms with Crippen LogP contribution in [-0.2, 0) is 4.74 Å². The van der Waals surface area contributed by atoms with E-state index in [0.29, 0.717) is 17.2 Å². The second-order valence-electron chi connectivity index (χ2n) is 5.77. The van der Waals surface area contributed by atoms with Crippen LogP contribution in [0.15, 0.2) is 34.7 Å². The van der Waals surface area contributed by atoms with E-state index < -0.39 is 29.1 Å². The highest BCUT2D eigenvalue weighted by Crippen LogP contribution is 2.29. The van der Waals surface area contributed by atoms with Gasteiger partial charge in [0.25, 0.3) is 5.91 Å². The van der Waals surface area contributed by atoms with Crippen molar-refractivity contribution in [3.8, 4) is 0 Å². The molecule has 3 aromatic rings. The van der Waals surface area contributed by atoms with Gasteiger partial charge in [-0.05, 0) is 25.5 Å². The third-order valence-corrected chi connectivity index (χ3v) is 4.08. The molecule has 0 bridgehead atoms. The summed E-state index contributed by atoms with van der Waals surface area (Å²) in [5.41, 5.74) is 1.17. The molecule has 0 fully saturated rings. The van der Waals surface area contributed by atoms with Crippen LogP contribution in [0.3, 0.4) is 0 Å². The lowest BCUT2D eigenvalue weighted by atomic mass is 10.1. The zero-order chi connectivity index (χ0) is 19.0. The molecule has 0 atom stereocenters. The summed E-state index contributed by atoms with van der Waals surface area (Å²) in [5.74, 6) is -3.78. The van der Waals surface area contributed by atoms with Crippen LogP contribution in [0.4, 0.5) is 14.5 Å². The average molecular weight is 359 g/mol. The monoisotopic (exact) mass is 359 g/mol. The summed E-state index contributed by atoms with van der Waals surface area (Å²) in [6, 6.07) is 6.89. The predicted molar refractivity (Wildman–Crippen MR) is 91.3 cm³/mol. The average Bonchev–Trinajstić information content (AvgIpc) is 2.95.